The predicted octanol–water partition coefficient (Wildman–Crippen LogP) is 6.63. The van der Waals surface area contributed by atoms with Gasteiger partial charge in [-0.25, -0.2) is 19.2 Å². The van der Waals surface area contributed by atoms with Crippen LogP contribution >= 0.6 is 0 Å². The molecular formula is C42H38O12. The number of ether oxygens (including phenoxy) is 8. The summed E-state index contributed by atoms with van der Waals surface area (Å²) in [6.07, 6.45) is 0. The first-order chi connectivity index (χ1) is 26.5. The molecule has 0 fully saturated rings. The summed E-state index contributed by atoms with van der Waals surface area (Å²) in [7, 11) is 0. The number of carbonyl (C=O) groups is 4. The second-order valence-electron chi connectivity index (χ2n) is 11.1. The van der Waals surface area contributed by atoms with Crippen LogP contribution in [0.25, 0.3) is 0 Å². The van der Waals surface area contributed by atoms with Gasteiger partial charge in [-0.15, -0.1) is 0 Å². The average Bonchev–Trinajstić information content (AvgIpc) is 3.22. The summed E-state index contributed by atoms with van der Waals surface area (Å²) < 4.78 is 44.1. The Balaban J connectivity index is 1.35. The molecule has 0 aliphatic heterocycles. The first-order valence-electron chi connectivity index (χ1n) is 17.1. The van der Waals surface area contributed by atoms with Gasteiger partial charge in [0.15, 0.2) is 0 Å². The lowest BCUT2D eigenvalue weighted by molar-refractivity contribution is 0.0389. The number of hydrogen-bond acceptors (Lipinski definition) is 12. The summed E-state index contributed by atoms with van der Waals surface area (Å²) in [6, 6.07) is 37.7. The molecule has 0 aromatic heterocycles. The normalized spacial score (nSPS) is 10.4. The van der Waals surface area contributed by atoms with Crippen molar-refractivity contribution < 1.29 is 57.1 Å². The molecule has 0 aliphatic carbocycles. The molecule has 0 saturated heterocycles. The van der Waals surface area contributed by atoms with E-state index in [2.05, 4.69) is 0 Å². The first-order valence-corrected chi connectivity index (χ1v) is 17.1. The van der Waals surface area contributed by atoms with Crippen molar-refractivity contribution in [3.05, 3.63) is 156 Å². The summed E-state index contributed by atoms with van der Waals surface area (Å²) in [5, 5.41) is 0. The van der Waals surface area contributed by atoms with E-state index in [1.165, 1.54) is 0 Å². The summed E-state index contributed by atoms with van der Waals surface area (Å²) in [6.45, 7) is -0.805. The van der Waals surface area contributed by atoms with Crippen molar-refractivity contribution >= 4 is 23.9 Å². The molecule has 0 bridgehead atoms. The SMILES string of the molecule is O=C(OCCOc1ccccc1)c1cc(C(=O)OCCOc2ccccc2)c(C(=O)OCCOc2ccccc2)cc1C(=O)OCCOc1ccccc1. The van der Waals surface area contributed by atoms with E-state index in [9.17, 15) is 19.2 Å². The van der Waals surface area contributed by atoms with Crippen molar-refractivity contribution in [3.8, 4) is 23.0 Å². The Labute approximate surface area is 312 Å². The van der Waals surface area contributed by atoms with E-state index in [0.717, 1.165) is 12.1 Å². The van der Waals surface area contributed by atoms with Gasteiger partial charge in [0.05, 0.1) is 22.3 Å². The van der Waals surface area contributed by atoms with E-state index in [4.69, 9.17) is 37.9 Å². The van der Waals surface area contributed by atoms with Gasteiger partial charge in [0.25, 0.3) is 0 Å². The smallest absolute Gasteiger partial charge is 0.339 e. The largest absolute Gasteiger partial charge is 0.490 e. The van der Waals surface area contributed by atoms with Crippen LogP contribution in [0, 0.1) is 0 Å². The van der Waals surface area contributed by atoms with E-state index in [1.807, 2.05) is 24.3 Å². The molecule has 5 rings (SSSR count). The quantitative estimate of drug-likeness (QED) is 0.0481. The molecule has 0 spiro atoms. The predicted molar refractivity (Wildman–Crippen MR) is 195 cm³/mol. The van der Waals surface area contributed by atoms with Crippen LogP contribution in [-0.2, 0) is 18.9 Å². The van der Waals surface area contributed by atoms with Gasteiger partial charge < -0.3 is 37.9 Å². The Hall–Kier alpha value is -6.82. The minimum absolute atomic E-state index is 0.00185. The van der Waals surface area contributed by atoms with Gasteiger partial charge in [-0.05, 0) is 60.7 Å². The molecule has 5 aromatic rings. The molecule has 0 aliphatic rings. The fourth-order valence-corrected chi connectivity index (χ4v) is 4.83. The fraction of sp³-hybridized carbons (Fsp3) is 0.190. The molecule has 0 radical (unpaired) electrons. The number of benzene rings is 5. The zero-order valence-electron chi connectivity index (χ0n) is 29.3. The number of carbonyl (C=O) groups excluding carboxylic acids is 4. The van der Waals surface area contributed by atoms with Crippen molar-refractivity contribution in [2.24, 2.45) is 0 Å². The van der Waals surface area contributed by atoms with Gasteiger partial charge in [0.1, 0.15) is 75.9 Å². The maximum atomic E-state index is 13.5. The zero-order valence-corrected chi connectivity index (χ0v) is 29.3. The highest BCUT2D eigenvalue weighted by Crippen LogP contribution is 2.23. The third-order valence-corrected chi connectivity index (χ3v) is 7.35. The van der Waals surface area contributed by atoms with Gasteiger partial charge in [-0.1, -0.05) is 72.8 Å². The van der Waals surface area contributed by atoms with Crippen LogP contribution in [0.15, 0.2) is 133 Å². The average molecular weight is 735 g/mol. The van der Waals surface area contributed by atoms with Gasteiger partial charge in [-0.2, -0.15) is 0 Å². The van der Waals surface area contributed by atoms with E-state index in [0.29, 0.717) is 23.0 Å². The third kappa shape index (κ3) is 12.2. The Morgan fingerprint density at radius 1 is 0.296 bits per heavy atom. The highest BCUT2D eigenvalue weighted by Gasteiger charge is 2.29. The Morgan fingerprint density at radius 3 is 0.704 bits per heavy atom. The molecular weight excluding hydrogens is 696 g/mol. The minimum atomic E-state index is -0.975. The molecule has 0 atom stereocenters. The van der Waals surface area contributed by atoms with Gasteiger partial charge in [0, 0.05) is 0 Å². The number of para-hydroxylation sites is 4. The highest BCUT2D eigenvalue weighted by molar-refractivity contribution is 6.10. The fourth-order valence-electron chi connectivity index (χ4n) is 4.83. The van der Waals surface area contributed by atoms with E-state index in [-0.39, 0.29) is 75.1 Å². The standard InChI is InChI=1S/C42H38O12/c43-39(51-25-21-47-31-13-5-1-6-14-31)35-29-37(41(45)53-27-23-49-33-17-9-3-10-18-33)38(42(46)54-28-24-50-34-19-11-4-12-20-34)30-36(35)40(44)52-26-22-48-32-15-7-2-8-16-32/h1-20,29-30H,21-28H2. The summed E-state index contributed by atoms with van der Waals surface area (Å²) in [5.74, 6) is -1.65. The van der Waals surface area contributed by atoms with Crippen molar-refractivity contribution in [1.29, 1.82) is 0 Å². The maximum absolute atomic E-state index is 13.5. The van der Waals surface area contributed by atoms with E-state index in [1.54, 1.807) is 97.1 Å². The van der Waals surface area contributed by atoms with Crippen molar-refractivity contribution in [2.75, 3.05) is 52.9 Å². The van der Waals surface area contributed by atoms with Crippen molar-refractivity contribution in [3.63, 3.8) is 0 Å². The Morgan fingerprint density at radius 2 is 0.500 bits per heavy atom. The molecule has 5 aromatic carbocycles. The minimum Gasteiger partial charge on any atom is -0.490 e. The molecule has 0 amide bonds. The summed E-state index contributed by atoms with van der Waals surface area (Å²) in [4.78, 5) is 54.0. The zero-order chi connectivity index (χ0) is 37.8. The van der Waals surface area contributed by atoms with Crippen LogP contribution < -0.4 is 18.9 Å². The third-order valence-electron chi connectivity index (χ3n) is 7.35. The van der Waals surface area contributed by atoms with E-state index >= 15 is 0 Å². The highest BCUT2D eigenvalue weighted by atomic mass is 16.6. The molecule has 12 heteroatoms. The van der Waals surface area contributed by atoms with Crippen molar-refractivity contribution in [2.45, 2.75) is 0 Å². The monoisotopic (exact) mass is 734 g/mol. The lowest BCUT2D eigenvalue weighted by Crippen LogP contribution is -2.23. The molecule has 0 unspecified atom stereocenters. The first kappa shape index (κ1) is 38.4. The van der Waals surface area contributed by atoms with Crippen LogP contribution in [0.1, 0.15) is 41.4 Å². The Kier molecular flexibility index (Phi) is 14.9. The van der Waals surface area contributed by atoms with Gasteiger partial charge in [-0.3, -0.25) is 0 Å². The summed E-state index contributed by atoms with van der Waals surface area (Å²) >= 11 is 0. The molecule has 12 nitrogen and oxygen atoms in total. The van der Waals surface area contributed by atoms with Gasteiger partial charge >= 0.3 is 23.9 Å². The Bertz CT molecular complexity index is 1650. The number of rotatable bonds is 20. The van der Waals surface area contributed by atoms with Gasteiger partial charge in [0.2, 0.25) is 0 Å². The second-order valence-corrected chi connectivity index (χ2v) is 11.1. The topological polar surface area (TPSA) is 142 Å². The van der Waals surface area contributed by atoms with Crippen LogP contribution in [-0.4, -0.2) is 76.7 Å². The molecule has 0 N–H and O–H groups in total. The maximum Gasteiger partial charge on any atom is 0.339 e. The van der Waals surface area contributed by atoms with Crippen molar-refractivity contribution in [1.82, 2.24) is 0 Å². The van der Waals surface area contributed by atoms with Crippen LogP contribution in [0.2, 0.25) is 0 Å². The van der Waals surface area contributed by atoms with Crippen LogP contribution in [0.4, 0.5) is 0 Å². The lowest BCUT2D eigenvalue weighted by Gasteiger charge is -2.16. The second kappa shape index (κ2) is 20.9. The van der Waals surface area contributed by atoms with E-state index < -0.39 is 23.9 Å². The summed E-state index contributed by atoms with van der Waals surface area (Å²) in [5.41, 5.74) is -1.39. The number of esters is 4. The lowest BCUT2D eigenvalue weighted by atomic mass is 9.98. The molecule has 0 heterocycles. The molecule has 278 valence electrons. The van der Waals surface area contributed by atoms with Crippen LogP contribution in [0.3, 0.4) is 0 Å². The van der Waals surface area contributed by atoms with Crippen LogP contribution in [0.5, 0.6) is 23.0 Å². The molecule has 54 heavy (non-hydrogen) atoms. The molecule has 0 saturated carbocycles. The number of hydrogen-bond donors (Lipinski definition) is 0.